The minimum atomic E-state index is -0.189. The molecule has 3 heterocycles. The smallest absolute Gasteiger partial charge is 0.270 e. The van der Waals surface area contributed by atoms with Crippen LogP contribution in [-0.2, 0) is 6.54 Å². The Labute approximate surface area is 171 Å². The number of piperidine rings is 1. The number of carbonyl (C=O) groups excluding carboxylic acids is 1. The molecule has 2 aliphatic rings. The number of aromatic nitrogens is 1. The van der Waals surface area contributed by atoms with Crippen molar-refractivity contribution >= 4 is 5.91 Å². The monoisotopic (exact) mass is 399 g/mol. The minimum Gasteiger partial charge on any atom is -0.497 e. The van der Waals surface area contributed by atoms with Gasteiger partial charge in [-0.15, -0.1) is 0 Å². The fourth-order valence-corrected chi connectivity index (χ4v) is 5.04. The number of ether oxygens (including phenoxy) is 1. The zero-order valence-electron chi connectivity index (χ0n) is 17.6. The van der Waals surface area contributed by atoms with E-state index < -0.39 is 0 Å². The van der Waals surface area contributed by atoms with Gasteiger partial charge in [-0.1, -0.05) is 0 Å². The van der Waals surface area contributed by atoms with Crippen molar-refractivity contribution in [1.82, 2.24) is 14.8 Å². The Morgan fingerprint density at radius 3 is 2.76 bits per heavy atom. The van der Waals surface area contributed by atoms with Crippen molar-refractivity contribution in [3.8, 4) is 5.75 Å². The van der Waals surface area contributed by atoms with Crippen LogP contribution in [0, 0.1) is 25.1 Å². The summed E-state index contributed by atoms with van der Waals surface area (Å²) in [5, 5.41) is 0. The molecule has 6 heteroatoms. The van der Waals surface area contributed by atoms with E-state index in [1.807, 2.05) is 24.8 Å². The number of methoxy groups -OCH3 is 1. The topological polar surface area (TPSA) is 48.6 Å². The van der Waals surface area contributed by atoms with E-state index in [1.54, 1.807) is 19.2 Å². The molecule has 0 saturated carbocycles. The van der Waals surface area contributed by atoms with Crippen molar-refractivity contribution < 1.29 is 13.9 Å². The molecule has 1 spiro atoms. The van der Waals surface area contributed by atoms with Crippen molar-refractivity contribution in [2.45, 2.75) is 39.7 Å². The van der Waals surface area contributed by atoms with Gasteiger partial charge in [0.2, 0.25) is 0 Å². The van der Waals surface area contributed by atoms with E-state index in [4.69, 9.17) is 4.74 Å². The lowest BCUT2D eigenvalue weighted by molar-refractivity contribution is 0.0668. The van der Waals surface area contributed by atoms with Crippen molar-refractivity contribution in [2.24, 2.45) is 5.41 Å². The molecule has 1 aromatic heterocycles. The van der Waals surface area contributed by atoms with Gasteiger partial charge in [-0.2, -0.15) is 0 Å². The first-order valence-electron chi connectivity index (χ1n) is 10.4. The van der Waals surface area contributed by atoms with Gasteiger partial charge in [0.05, 0.1) is 7.11 Å². The normalized spacial score (nSPS) is 22.4. The molecule has 1 aromatic carbocycles. The van der Waals surface area contributed by atoms with Crippen LogP contribution in [0.2, 0.25) is 0 Å². The Kier molecular flexibility index (Phi) is 5.38. The number of halogens is 1. The molecule has 2 fully saturated rings. The van der Waals surface area contributed by atoms with E-state index in [1.165, 1.54) is 6.07 Å². The number of carbonyl (C=O) groups is 1. The van der Waals surface area contributed by atoms with Crippen LogP contribution in [0.5, 0.6) is 5.75 Å². The number of aromatic amines is 1. The Morgan fingerprint density at radius 2 is 2.03 bits per heavy atom. The summed E-state index contributed by atoms with van der Waals surface area (Å²) in [6.07, 6.45) is 3.21. The predicted molar refractivity (Wildman–Crippen MR) is 111 cm³/mol. The van der Waals surface area contributed by atoms with Crippen LogP contribution < -0.4 is 4.74 Å². The Hall–Kier alpha value is -2.34. The lowest BCUT2D eigenvalue weighted by atomic mass is 9.79. The number of nitrogens with one attached hydrogen (secondary N) is 1. The number of likely N-dealkylation sites (tertiary alicyclic amines) is 2. The largest absolute Gasteiger partial charge is 0.497 e. The van der Waals surface area contributed by atoms with Crippen molar-refractivity contribution in [3.63, 3.8) is 0 Å². The average molecular weight is 400 g/mol. The molecule has 1 N–H and O–H groups in total. The van der Waals surface area contributed by atoms with Crippen molar-refractivity contribution in [3.05, 3.63) is 52.6 Å². The van der Waals surface area contributed by atoms with E-state index >= 15 is 0 Å². The second kappa shape index (κ2) is 7.82. The maximum Gasteiger partial charge on any atom is 0.270 e. The molecule has 2 aliphatic heterocycles. The minimum absolute atomic E-state index is 0.100. The van der Waals surface area contributed by atoms with Crippen molar-refractivity contribution in [1.29, 1.82) is 0 Å². The summed E-state index contributed by atoms with van der Waals surface area (Å²) in [5.74, 6) is 0.594. The Balaban J connectivity index is 1.44. The molecular formula is C23H30FN3O2. The van der Waals surface area contributed by atoms with E-state index in [2.05, 4.69) is 9.88 Å². The molecule has 0 radical (unpaired) electrons. The first kappa shape index (κ1) is 20.0. The molecular weight excluding hydrogens is 369 g/mol. The molecule has 0 unspecified atom stereocenters. The third-order valence-electron chi connectivity index (χ3n) is 6.48. The number of H-pyrrole nitrogens is 1. The maximum atomic E-state index is 14.3. The van der Waals surface area contributed by atoms with E-state index in [0.717, 1.165) is 56.7 Å². The van der Waals surface area contributed by atoms with Gasteiger partial charge in [0.1, 0.15) is 17.3 Å². The number of benzene rings is 1. The molecule has 1 atom stereocenters. The van der Waals surface area contributed by atoms with Gasteiger partial charge in [0, 0.05) is 42.9 Å². The summed E-state index contributed by atoms with van der Waals surface area (Å²) in [4.78, 5) is 20.6. The second-order valence-electron chi connectivity index (χ2n) is 8.76. The highest BCUT2D eigenvalue weighted by molar-refractivity contribution is 5.94. The SMILES string of the molecule is COc1ccc(F)c(CN2CCC[C@@]3(CCN(C(=O)c4[nH]c(C)cc4C)C3)C2)c1. The molecule has 156 valence electrons. The van der Waals surface area contributed by atoms with E-state index in [-0.39, 0.29) is 17.1 Å². The lowest BCUT2D eigenvalue weighted by Crippen LogP contribution is -2.45. The van der Waals surface area contributed by atoms with Crippen molar-refractivity contribution in [2.75, 3.05) is 33.3 Å². The highest BCUT2D eigenvalue weighted by Crippen LogP contribution is 2.40. The number of amides is 1. The van der Waals surface area contributed by atoms with Gasteiger partial charge in [-0.25, -0.2) is 4.39 Å². The van der Waals surface area contributed by atoms with Crippen LogP contribution in [0.4, 0.5) is 4.39 Å². The number of rotatable bonds is 4. The summed E-state index contributed by atoms with van der Waals surface area (Å²) in [7, 11) is 1.60. The van der Waals surface area contributed by atoms with E-state index in [0.29, 0.717) is 23.6 Å². The maximum absolute atomic E-state index is 14.3. The van der Waals surface area contributed by atoms with Crippen LogP contribution in [0.1, 0.15) is 46.6 Å². The molecule has 29 heavy (non-hydrogen) atoms. The van der Waals surface area contributed by atoms with Crippen LogP contribution in [0.25, 0.3) is 0 Å². The molecule has 4 rings (SSSR count). The summed E-state index contributed by atoms with van der Waals surface area (Å²) in [5.41, 5.74) is 3.52. The molecule has 2 aromatic rings. The first-order valence-corrected chi connectivity index (χ1v) is 10.4. The molecule has 1 amide bonds. The fourth-order valence-electron chi connectivity index (χ4n) is 5.04. The quantitative estimate of drug-likeness (QED) is 0.848. The number of hydrogen-bond donors (Lipinski definition) is 1. The van der Waals surface area contributed by atoms with Crippen LogP contribution >= 0.6 is 0 Å². The van der Waals surface area contributed by atoms with Crippen LogP contribution in [0.3, 0.4) is 0 Å². The van der Waals surface area contributed by atoms with Crippen LogP contribution in [0.15, 0.2) is 24.3 Å². The summed E-state index contributed by atoms with van der Waals surface area (Å²) >= 11 is 0. The second-order valence-corrected chi connectivity index (χ2v) is 8.76. The Morgan fingerprint density at radius 1 is 1.21 bits per heavy atom. The zero-order valence-corrected chi connectivity index (χ0v) is 17.6. The predicted octanol–water partition coefficient (Wildman–Crippen LogP) is 3.91. The fraction of sp³-hybridized carbons (Fsp3) is 0.522. The Bertz CT molecular complexity index is 910. The highest BCUT2D eigenvalue weighted by atomic mass is 19.1. The zero-order chi connectivity index (χ0) is 20.6. The third kappa shape index (κ3) is 4.04. The first-order chi connectivity index (χ1) is 13.9. The van der Waals surface area contributed by atoms with E-state index in [9.17, 15) is 9.18 Å². The lowest BCUT2D eigenvalue weighted by Gasteiger charge is -2.40. The third-order valence-corrected chi connectivity index (χ3v) is 6.48. The summed E-state index contributed by atoms with van der Waals surface area (Å²) in [6, 6.07) is 6.94. The average Bonchev–Trinajstić information content (AvgIpc) is 3.26. The van der Waals surface area contributed by atoms with Gasteiger partial charge >= 0.3 is 0 Å². The summed E-state index contributed by atoms with van der Waals surface area (Å²) in [6.45, 7) is 7.96. The van der Waals surface area contributed by atoms with Gasteiger partial charge in [-0.3, -0.25) is 9.69 Å². The summed E-state index contributed by atoms with van der Waals surface area (Å²) < 4.78 is 19.5. The van der Waals surface area contributed by atoms with Gasteiger partial charge in [0.25, 0.3) is 5.91 Å². The molecule has 0 aliphatic carbocycles. The standard InChI is InChI=1S/C23H30FN3O2/c1-16-11-17(2)25-21(16)22(28)27-10-8-23(15-27)7-4-9-26(14-23)13-18-12-19(29-3)5-6-20(18)24/h5-6,11-12,25H,4,7-10,13-15H2,1-3H3/t23-/m1/s1. The number of aryl methyl sites for hydroxylation is 2. The molecule has 2 saturated heterocycles. The van der Waals surface area contributed by atoms with Crippen LogP contribution in [-0.4, -0.2) is 54.0 Å². The number of hydrogen-bond acceptors (Lipinski definition) is 3. The highest BCUT2D eigenvalue weighted by Gasteiger charge is 2.43. The number of nitrogens with zero attached hydrogens (tertiary/aromatic N) is 2. The molecule has 0 bridgehead atoms. The van der Waals surface area contributed by atoms with Gasteiger partial charge < -0.3 is 14.6 Å². The molecule has 5 nitrogen and oxygen atoms in total. The van der Waals surface area contributed by atoms with Gasteiger partial charge in [-0.05, 0) is 69.5 Å². The van der Waals surface area contributed by atoms with Gasteiger partial charge in [0.15, 0.2) is 0 Å².